The summed E-state index contributed by atoms with van der Waals surface area (Å²) >= 11 is 0. The van der Waals surface area contributed by atoms with Crippen molar-refractivity contribution in [3.05, 3.63) is 221 Å². The first-order valence-corrected chi connectivity index (χ1v) is 29.8. The Hall–Kier alpha value is -7.84. The molecule has 13 rings (SSSR count). The number of allylic oxidation sites excluding steroid dienone is 8. The predicted molar refractivity (Wildman–Crippen MR) is 336 cm³/mol. The SMILES string of the molecule is C1=CC2CCC3=CC(c4ccccc4)=NC(C3)C3=NC(c4ccccc4)=CC(CCC4=CC=NC(C4)C4=NC=CC(CCC5C=C(c6ccccc6)N=C(C5)C5=NC(c6ccccc6)=CC(CCC6=CC=NC(C6)C(=N1)C2)C5)C4)C3. The highest BCUT2D eigenvalue weighted by molar-refractivity contribution is 6.44. The van der Waals surface area contributed by atoms with Crippen LogP contribution in [0.1, 0.15) is 125 Å². The van der Waals surface area contributed by atoms with Crippen LogP contribution in [0.5, 0.6) is 0 Å². The fraction of sp³-hybridized carbons (Fsp3) is 0.333. The number of hydrogen-bond acceptors (Lipinski definition) is 8. The third-order valence-corrected chi connectivity index (χ3v) is 17.8. The summed E-state index contributed by atoms with van der Waals surface area (Å²) in [6, 6.07) is 43.2. The normalized spacial score (nSPS) is 27.9. The predicted octanol–water partition coefficient (Wildman–Crippen LogP) is 16.3. The van der Waals surface area contributed by atoms with Crippen LogP contribution in [0.2, 0.25) is 0 Å². The van der Waals surface area contributed by atoms with Crippen molar-refractivity contribution in [3.8, 4) is 0 Å². The van der Waals surface area contributed by atoms with Crippen LogP contribution < -0.4 is 0 Å². The minimum absolute atomic E-state index is 0.0196. The molecule has 0 N–H and O–H groups in total. The van der Waals surface area contributed by atoms with Crippen molar-refractivity contribution in [2.45, 2.75) is 121 Å². The molecule has 8 heteroatoms. The monoisotopic (exact) mass is 1050 g/mol. The molecule has 0 aromatic heterocycles. The Kier molecular flexibility index (Phi) is 15.6. The minimum Gasteiger partial charge on any atom is -0.283 e. The summed E-state index contributed by atoms with van der Waals surface area (Å²) in [5, 5.41) is 0. The molecule has 0 radical (unpaired) electrons. The molecule has 4 aromatic carbocycles. The Labute approximate surface area is 473 Å². The number of benzene rings is 4. The number of nitrogens with zero attached hydrogens (tertiary/aromatic N) is 8. The van der Waals surface area contributed by atoms with E-state index in [1.165, 1.54) is 39.4 Å². The van der Waals surface area contributed by atoms with Gasteiger partial charge in [0.2, 0.25) is 0 Å². The molecule has 80 heavy (non-hydrogen) atoms. The molecule has 1 fully saturated rings. The quantitative estimate of drug-likeness (QED) is 0.195. The van der Waals surface area contributed by atoms with Gasteiger partial charge in [-0.1, -0.05) is 168 Å². The Morgan fingerprint density at radius 2 is 0.762 bits per heavy atom. The van der Waals surface area contributed by atoms with Crippen LogP contribution in [0.3, 0.4) is 0 Å². The lowest BCUT2D eigenvalue weighted by atomic mass is 9.81. The smallest absolute Gasteiger partial charge is 0.0925 e. The zero-order valence-electron chi connectivity index (χ0n) is 46.0. The summed E-state index contributed by atoms with van der Waals surface area (Å²) in [5.74, 6) is 1.81. The van der Waals surface area contributed by atoms with Crippen molar-refractivity contribution >= 4 is 63.8 Å². The van der Waals surface area contributed by atoms with Crippen LogP contribution >= 0.6 is 0 Å². The van der Waals surface area contributed by atoms with Crippen molar-refractivity contribution in [2.75, 3.05) is 0 Å². The molecule has 8 nitrogen and oxygen atoms in total. The second-order valence-corrected chi connectivity index (χ2v) is 23.5. The number of rotatable bonds is 4. The highest BCUT2D eigenvalue weighted by Crippen LogP contribution is 2.39. The summed E-state index contributed by atoms with van der Waals surface area (Å²) in [6.07, 6.45) is 42.8. The van der Waals surface area contributed by atoms with Gasteiger partial charge in [0.1, 0.15) is 0 Å². The van der Waals surface area contributed by atoms with E-state index in [0.29, 0.717) is 29.6 Å². The van der Waals surface area contributed by atoms with Gasteiger partial charge in [-0.3, -0.25) is 39.9 Å². The summed E-state index contributed by atoms with van der Waals surface area (Å²) in [7, 11) is 0. The summed E-state index contributed by atoms with van der Waals surface area (Å²) < 4.78 is 0. The van der Waals surface area contributed by atoms with E-state index in [9.17, 15) is 0 Å². The molecule has 400 valence electrons. The van der Waals surface area contributed by atoms with Crippen molar-refractivity contribution < 1.29 is 0 Å². The lowest BCUT2D eigenvalue weighted by Crippen LogP contribution is -2.29. The summed E-state index contributed by atoms with van der Waals surface area (Å²) in [6.45, 7) is 0. The average Bonchev–Trinajstić information content (AvgIpc) is 3.61. The Morgan fingerprint density at radius 1 is 0.350 bits per heavy atom. The number of dihydropyridines is 3. The van der Waals surface area contributed by atoms with Gasteiger partial charge in [-0.2, -0.15) is 0 Å². The Balaban J connectivity index is 0.791. The van der Waals surface area contributed by atoms with Crippen molar-refractivity contribution in [3.63, 3.8) is 0 Å². The van der Waals surface area contributed by atoms with E-state index < -0.39 is 0 Å². The lowest BCUT2D eigenvalue weighted by Gasteiger charge is -2.29. The van der Waals surface area contributed by atoms with Crippen LogP contribution in [0.4, 0.5) is 0 Å². The first-order valence-electron chi connectivity index (χ1n) is 29.8. The summed E-state index contributed by atoms with van der Waals surface area (Å²) in [5.41, 5.74) is 19.2. The second kappa shape index (κ2) is 24.3. The van der Waals surface area contributed by atoms with Gasteiger partial charge in [-0.25, -0.2) is 0 Å². The third kappa shape index (κ3) is 12.5. The molecule has 16 bridgehead atoms. The first kappa shape index (κ1) is 51.6. The maximum absolute atomic E-state index is 5.56. The Bertz CT molecular complexity index is 3430. The molecule has 8 heterocycles. The van der Waals surface area contributed by atoms with Gasteiger partial charge in [0.25, 0.3) is 0 Å². The number of aliphatic imine (C=N–C) groups is 8. The molecule has 0 spiro atoms. The van der Waals surface area contributed by atoms with Crippen LogP contribution in [0.25, 0.3) is 17.1 Å². The zero-order valence-corrected chi connectivity index (χ0v) is 46.0. The topological polar surface area (TPSA) is 98.9 Å². The zero-order chi connectivity index (χ0) is 53.5. The van der Waals surface area contributed by atoms with E-state index in [-0.39, 0.29) is 18.1 Å². The molecular formula is C72H72N8. The Morgan fingerprint density at radius 3 is 1.30 bits per heavy atom. The van der Waals surface area contributed by atoms with Crippen LogP contribution in [0.15, 0.2) is 239 Å². The van der Waals surface area contributed by atoms with Gasteiger partial charge in [-0.05, 0) is 173 Å². The standard InChI is InChI=1S/C72H72N8/c1-5-13-57(14-6-1)61-41-53-25-21-49-29-33-73-65(37-49)66-39-51(31-35-74-66)23-27-55-43-63(59-17-9-3-10-18-59)79-71(47-55)72-48-56(44-64(80-72)60-19-11-4-12-20-60)28-24-52-32-36-76-68(40-52)67-38-50(30-34-75-67)22-26-54-42-62(58-15-7-2-8-16-58)78-70(46-54)69(45-53)77-61/h1-20,29-36,41-44,49,52-55,66-67,72H,21-28,37-40,45-48H2. The van der Waals surface area contributed by atoms with Crippen molar-refractivity contribution in [2.24, 2.45) is 69.5 Å². The van der Waals surface area contributed by atoms with E-state index in [1.807, 2.05) is 0 Å². The number of fused-ring (bicyclic) bond motifs is 20. The first-order chi connectivity index (χ1) is 39.5. The molecule has 4 aromatic rings. The molecule has 9 aliphatic rings. The average molecular weight is 1050 g/mol. The molecule has 1 aliphatic carbocycles. The maximum Gasteiger partial charge on any atom is 0.0925 e. The second-order valence-electron chi connectivity index (χ2n) is 23.5. The molecule has 0 saturated heterocycles. The largest absolute Gasteiger partial charge is 0.283 e. The van der Waals surface area contributed by atoms with E-state index in [1.54, 1.807) is 0 Å². The van der Waals surface area contributed by atoms with Crippen LogP contribution in [0, 0.1) is 29.6 Å². The van der Waals surface area contributed by atoms with Gasteiger partial charge in [-0.15, -0.1) is 0 Å². The van der Waals surface area contributed by atoms with Crippen LogP contribution in [-0.4, -0.2) is 64.8 Å². The number of hydrogen-bond donors (Lipinski definition) is 0. The van der Waals surface area contributed by atoms with Crippen molar-refractivity contribution in [1.29, 1.82) is 0 Å². The van der Waals surface area contributed by atoms with Gasteiger partial charge in [0.15, 0.2) is 0 Å². The molecule has 8 aliphatic heterocycles. The molecule has 1 saturated carbocycles. The molecular weight excluding hydrogens is 977 g/mol. The lowest BCUT2D eigenvalue weighted by molar-refractivity contribution is 0.496. The fourth-order valence-electron chi connectivity index (χ4n) is 13.3. The fourth-order valence-corrected chi connectivity index (χ4v) is 13.3. The summed E-state index contributed by atoms with van der Waals surface area (Å²) in [4.78, 5) is 42.4. The molecule has 8 atom stereocenters. The van der Waals surface area contributed by atoms with E-state index in [4.69, 9.17) is 39.9 Å². The van der Waals surface area contributed by atoms with E-state index >= 15 is 0 Å². The van der Waals surface area contributed by atoms with E-state index in [0.717, 1.165) is 154 Å². The van der Waals surface area contributed by atoms with Gasteiger partial charge in [0.05, 0.1) is 52.4 Å². The highest BCUT2D eigenvalue weighted by atomic mass is 14.9. The maximum atomic E-state index is 5.56. The van der Waals surface area contributed by atoms with Gasteiger partial charge >= 0.3 is 0 Å². The minimum atomic E-state index is -0.0196. The van der Waals surface area contributed by atoms with E-state index in [2.05, 4.69) is 195 Å². The molecule has 0 amide bonds. The van der Waals surface area contributed by atoms with Gasteiger partial charge < -0.3 is 0 Å². The van der Waals surface area contributed by atoms with Crippen LogP contribution in [-0.2, 0) is 0 Å². The highest BCUT2D eigenvalue weighted by Gasteiger charge is 2.32. The van der Waals surface area contributed by atoms with Gasteiger partial charge in [0, 0.05) is 42.0 Å². The van der Waals surface area contributed by atoms with Crippen molar-refractivity contribution in [1.82, 2.24) is 0 Å². The molecule has 8 unspecified atom stereocenters. The third-order valence-electron chi connectivity index (χ3n) is 17.8.